The summed E-state index contributed by atoms with van der Waals surface area (Å²) >= 11 is 5.98. The third-order valence-corrected chi connectivity index (χ3v) is 4.67. The number of benzene rings is 2. The van der Waals surface area contributed by atoms with Gasteiger partial charge in [-0.05, 0) is 55.7 Å². The fourth-order valence-corrected chi connectivity index (χ4v) is 3.22. The first-order valence-electron chi connectivity index (χ1n) is 9.07. The lowest BCUT2D eigenvalue weighted by molar-refractivity contribution is -0.143. The molecule has 0 radical (unpaired) electrons. The van der Waals surface area contributed by atoms with Crippen LogP contribution in [0.1, 0.15) is 30.0 Å². The number of carbonyl (C=O) groups excluding carboxylic acids is 1. The molecule has 0 atom stereocenters. The average molecular weight is 401 g/mol. The maximum absolute atomic E-state index is 12.4. The van der Waals surface area contributed by atoms with E-state index in [1.807, 2.05) is 37.3 Å². The van der Waals surface area contributed by atoms with E-state index in [-0.39, 0.29) is 18.8 Å². The van der Waals surface area contributed by atoms with Crippen LogP contribution in [-0.4, -0.2) is 12.6 Å². The number of ether oxygens (including phenoxy) is 2. The highest BCUT2D eigenvalue weighted by Crippen LogP contribution is 2.25. The standard InChI is InChI=1S/C22H21ClO5/c1-3-26-21(24)10-9-19-14(2)18-8-7-17(12-20(18)28-22(19)25)27-13-15-5-4-6-16(23)11-15/h4-8,11-12H,3,9-10,13H2,1-2H3. The Bertz CT molecular complexity index is 1050. The third-order valence-electron chi connectivity index (χ3n) is 4.44. The van der Waals surface area contributed by atoms with Gasteiger partial charge in [0.25, 0.3) is 0 Å². The van der Waals surface area contributed by atoms with Crippen LogP contribution in [0, 0.1) is 6.92 Å². The van der Waals surface area contributed by atoms with Crippen molar-refractivity contribution in [3.05, 3.63) is 74.6 Å². The van der Waals surface area contributed by atoms with E-state index in [4.69, 9.17) is 25.5 Å². The number of hydrogen-bond donors (Lipinski definition) is 0. The van der Waals surface area contributed by atoms with E-state index in [0.29, 0.717) is 35.1 Å². The zero-order valence-electron chi connectivity index (χ0n) is 15.8. The minimum Gasteiger partial charge on any atom is -0.489 e. The number of esters is 1. The number of hydrogen-bond acceptors (Lipinski definition) is 5. The van der Waals surface area contributed by atoms with Gasteiger partial charge >= 0.3 is 11.6 Å². The molecule has 0 N–H and O–H groups in total. The third kappa shape index (κ3) is 4.73. The molecule has 0 spiro atoms. The maximum Gasteiger partial charge on any atom is 0.339 e. The summed E-state index contributed by atoms with van der Waals surface area (Å²) in [6, 6.07) is 12.8. The summed E-state index contributed by atoms with van der Waals surface area (Å²) in [4.78, 5) is 24.0. The van der Waals surface area contributed by atoms with Gasteiger partial charge in [0.2, 0.25) is 0 Å². The average Bonchev–Trinajstić information content (AvgIpc) is 2.66. The molecule has 3 rings (SSSR count). The lowest BCUT2D eigenvalue weighted by atomic mass is 10.0. The first kappa shape index (κ1) is 20.0. The number of aryl methyl sites for hydroxylation is 1. The molecule has 1 aromatic heterocycles. The molecule has 28 heavy (non-hydrogen) atoms. The van der Waals surface area contributed by atoms with Crippen molar-refractivity contribution >= 4 is 28.5 Å². The second kappa shape index (κ2) is 8.93. The van der Waals surface area contributed by atoms with Gasteiger partial charge in [-0.2, -0.15) is 0 Å². The number of rotatable bonds is 7. The topological polar surface area (TPSA) is 65.7 Å². The number of fused-ring (bicyclic) bond motifs is 1. The van der Waals surface area contributed by atoms with Crippen LogP contribution in [0.5, 0.6) is 5.75 Å². The highest BCUT2D eigenvalue weighted by Gasteiger charge is 2.14. The Balaban J connectivity index is 1.80. The van der Waals surface area contributed by atoms with Crippen LogP contribution in [-0.2, 0) is 22.6 Å². The van der Waals surface area contributed by atoms with E-state index in [9.17, 15) is 9.59 Å². The minimum absolute atomic E-state index is 0.145. The fourth-order valence-electron chi connectivity index (χ4n) is 3.01. The van der Waals surface area contributed by atoms with Gasteiger partial charge in [-0.1, -0.05) is 23.7 Å². The summed E-state index contributed by atoms with van der Waals surface area (Å²) in [7, 11) is 0. The second-order valence-corrected chi connectivity index (χ2v) is 6.81. The van der Waals surface area contributed by atoms with Crippen LogP contribution in [0.25, 0.3) is 11.0 Å². The molecule has 0 aliphatic heterocycles. The summed E-state index contributed by atoms with van der Waals surface area (Å²) in [5.74, 6) is 0.264. The first-order valence-corrected chi connectivity index (χ1v) is 9.45. The zero-order valence-corrected chi connectivity index (χ0v) is 16.5. The van der Waals surface area contributed by atoms with E-state index in [1.54, 1.807) is 19.1 Å². The molecule has 0 fully saturated rings. The van der Waals surface area contributed by atoms with Crippen LogP contribution >= 0.6 is 11.6 Å². The van der Waals surface area contributed by atoms with Crippen LogP contribution < -0.4 is 10.4 Å². The Labute approximate surface area is 167 Å². The molecule has 146 valence electrons. The molecule has 0 saturated heterocycles. The van der Waals surface area contributed by atoms with E-state index in [1.165, 1.54) is 0 Å². The quantitative estimate of drug-likeness (QED) is 0.420. The Morgan fingerprint density at radius 1 is 1.18 bits per heavy atom. The molecule has 0 aliphatic rings. The van der Waals surface area contributed by atoms with E-state index in [2.05, 4.69) is 0 Å². The summed E-state index contributed by atoms with van der Waals surface area (Å²) in [6.45, 7) is 4.28. The molecule has 0 unspecified atom stereocenters. The van der Waals surface area contributed by atoms with Gasteiger partial charge in [-0.3, -0.25) is 4.79 Å². The van der Waals surface area contributed by atoms with Gasteiger partial charge < -0.3 is 13.9 Å². The smallest absolute Gasteiger partial charge is 0.339 e. The van der Waals surface area contributed by atoms with Crippen LogP contribution in [0.15, 0.2) is 51.7 Å². The monoisotopic (exact) mass is 400 g/mol. The molecule has 2 aromatic carbocycles. The van der Waals surface area contributed by atoms with Crippen LogP contribution in [0.2, 0.25) is 5.02 Å². The highest BCUT2D eigenvalue weighted by atomic mass is 35.5. The largest absolute Gasteiger partial charge is 0.489 e. The van der Waals surface area contributed by atoms with E-state index >= 15 is 0 Å². The molecule has 1 heterocycles. The highest BCUT2D eigenvalue weighted by molar-refractivity contribution is 6.30. The van der Waals surface area contributed by atoms with Gasteiger partial charge in [0.1, 0.15) is 17.9 Å². The second-order valence-electron chi connectivity index (χ2n) is 6.37. The summed E-state index contributed by atoms with van der Waals surface area (Å²) in [5.41, 5.74) is 2.25. The van der Waals surface area contributed by atoms with Crippen molar-refractivity contribution in [3.8, 4) is 5.75 Å². The number of carbonyl (C=O) groups is 1. The van der Waals surface area contributed by atoms with Crippen LogP contribution in [0.4, 0.5) is 0 Å². The molecule has 6 heteroatoms. The van der Waals surface area contributed by atoms with Gasteiger partial charge in [0.15, 0.2) is 0 Å². The van der Waals surface area contributed by atoms with Crippen molar-refractivity contribution in [2.24, 2.45) is 0 Å². The van der Waals surface area contributed by atoms with E-state index in [0.717, 1.165) is 16.5 Å². The van der Waals surface area contributed by atoms with Gasteiger partial charge in [0, 0.05) is 28.5 Å². The predicted molar refractivity (Wildman–Crippen MR) is 108 cm³/mol. The summed E-state index contributed by atoms with van der Waals surface area (Å²) in [5, 5.41) is 1.46. The predicted octanol–water partition coefficient (Wildman–Crippen LogP) is 4.83. The lowest BCUT2D eigenvalue weighted by Crippen LogP contribution is -2.13. The molecule has 0 saturated carbocycles. The van der Waals surface area contributed by atoms with Crippen molar-refractivity contribution in [2.45, 2.75) is 33.3 Å². The molecule has 0 bridgehead atoms. The van der Waals surface area contributed by atoms with Crippen molar-refractivity contribution < 1.29 is 18.7 Å². The van der Waals surface area contributed by atoms with Crippen molar-refractivity contribution in [1.82, 2.24) is 0 Å². The Hall–Kier alpha value is -2.79. The lowest BCUT2D eigenvalue weighted by Gasteiger charge is -2.10. The normalized spacial score (nSPS) is 10.8. The molecule has 0 aliphatic carbocycles. The van der Waals surface area contributed by atoms with Crippen molar-refractivity contribution in [3.63, 3.8) is 0 Å². The molecular formula is C22H21ClO5. The summed E-state index contributed by atoms with van der Waals surface area (Å²) < 4.78 is 16.2. The van der Waals surface area contributed by atoms with Gasteiger partial charge in [0.05, 0.1) is 6.61 Å². The summed E-state index contributed by atoms with van der Waals surface area (Å²) in [6.07, 6.45) is 0.432. The SMILES string of the molecule is CCOC(=O)CCc1c(C)c2ccc(OCc3cccc(Cl)c3)cc2oc1=O. The zero-order chi connectivity index (χ0) is 20.1. The van der Waals surface area contributed by atoms with Crippen molar-refractivity contribution in [1.29, 1.82) is 0 Å². The molecule has 3 aromatic rings. The number of halogens is 1. The molecular weight excluding hydrogens is 380 g/mol. The maximum atomic E-state index is 12.4. The minimum atomic E-state index is -0.443. The molecule has 0 amide bonds. The Kier molecular flexibility index (Phi) is 6.37. The molecule has 5 nitrogen and oxygen atoms in total. The Morgan fingerprint density at radius 3 is 2.75 bits per heavy atom. The van der Waals surface area contributed by atoms with Gasteiger partial charge in [-0.25, -0.2) is 4.79 Å². The van der Waals surface area contributed by atoms with Gasteiger partial charge in [-0.15, -0.1) is 0 Å². The Morgan fingerprint density at radius 2 is 2.00 bits per heavy atom. The fraction of sp³-hybridized carbons (Fsp3) is 0.273. The van der Waals surface area contributed by atoms with E-state index < -0.39 is 5.63 Å². The van der Waals surface area contributed by atoms with Crippen LogP contribution in [0.3, 0.4) is 0 Å². The first-order chi connectivity index (χ1) is 13.5. The van der Waals surface area contributed by atoms with Crippen molar-refractivity contribution in [2.75, 3.05) is 6.61 Å².